The molecule has 334 valence electrons. The van der Waals surface area contributed by atoms with E-state index in [1.54, 1.807) is 50.2 Å². The molecule has 3 aliphatic carbocycles. The molecule has 0 radical (unpaired) electrons. The number of azide groups is 1. The molecule has 3 aromatic carbocycles. The second kappa shape index (κ2) is 18.1. The predicted molar refractivity (Wildman–Crippen MR) is 220 cm³/mol. The number of hydrogen-bond donors (Lipinski definition) is 5. The molecule has 0 aromatic heterocycles. The Morgan fingerprint density at radius 3 is 2.34 bits per heavy atom. The average molecular weight is 869 g/mol. The Morgan fingerprint density at radius 1 is 1.11 bits per heavy atom. The van der Waals surface area contributed by atoms with Gasteiger partial charge in [0.15, 0.2) is 23.3 Å². The fourth-order valence-electron chi connectivity index (χ4n) is 9.63. The summed E-state index contributed by atoms with van der Waals surface area (Å²) >= 11 is 0. The van der Waals surface area contributed by atoms with Gasteiger partial charge in [-0.3, -0.25) is 19.2 Å². The van der Waals surface area contributed by atoms with E-state index in [9.17, 15) is 42.2 Å². The lowest BCUT2D eigenvalue weighted by molar-refractivity contribution is -0.183. The molecule has 0 spiro atoms. The summed E-state index contributed by atoms with van der Waals surface area (Å²) in [4.78, 5) is 50.6. The molecule has 1 aliphatic heterocycles. The molecule has 3 amide bonds. The van der Waals surface area contributed by atoms with Gasteiger partial charge in [0.1, 0.15) is 29.6 Å². The Labute approximate surface area is 356 Å². The lowest BCUT2D eigenvalue weighted by atomic mass is 9.45. The Balaban J connectivity index is 1.30. The third kappa shape index (κ3) is 8.51. The number of carbonyl (C=O) groups excluding carboxylic acids is 3. The zero-order valence-electron chi connectivity index (χ0n) is 35.5. The van der Waals surface area contributed by atoms with Crippen molar-refractivity contribution in [2.45, 2.75) is 83.8 Å². The van der Waals surface area contributed by atoms with E-state index in [2.05, 4.69) is 41.4 Å². The number of benzene rings is 3. The summed E-state index contributed by atoms with van der Waals surface area (Å²) in [5.41, 5.74) is 13.4. The highest BCUT2D eigenvalue weighted by Gasteiger charge is 2.57. The molecule has 0 unspecified atom stereocenters. The number of anilines is 1. The fourth-order valence-corrected chi connectivity index (χ4v) is 9.63. The molecule has 15 nitrogen and oxygen atoms in total. The van der Waals surface area contributed by atoms with Crippen LogP contribution in [0.5, 0.6) is 5.75 Å². The second-order valence-electron chi connectivity index (χ2n) is 17.3. The number of aliphatic hydroxyl groups excluding tert-OH is 2. The smallest absolute Gasteiger partial charge is 0.252 e. The number of primary amides is 1. The van der Waals surface area contributed by atoms with E-state index in [4.69, 9.17) is 20.8 Å². The lowest BCUT2D eigenvalue weighted by Gasteiger charge is -2.62. The van der Waals surface area contributed by atoms with Gasteiger partial charge in [-0.15, -0.1) is 0 Å². The Kier molecular flexibility index (Phi) is 13.4. The van der Waals surface area contributed by atoms with Gasteiger partial charge in [0, 0.05) is 65.3 Å². The van der Waals surface area contributed by atoms with Gasteiger partial charge in [0.25, 0.3) is 5.91 Å². The number of nitrogens with zero attached hydrogens (tertiary/aromatic N) is 5. The van der Waals surface area contributed by atoms with Crippen LogP contribution in [-0.2, 0) is 27.4 Å². The van der Waals surface area contributed by atoms with E-state index < -0.39 is 89.6 Å². The molecule has 3 saturated carbocycles. The van der Waals surface area contributed by atoms with Crippen LogP contribution in [0.25, 0.3) is 21.6 Å². The first-order valence-corrected chi connectivity index (χ1v) is 20.3. The topological polar surface area (TPSA) is 215 Å². The van der Waals surface area contributed by atoms with Crippen LogP contribution in [0.2, 0.25) is 0 Å². The maximum absolute atomic E-state index is 14.9. The summed E-state index contributed by atoms with van der Waals surface area (Å²) in [5.74, 6) is -9.65. The van der Waals surface area contributed by atoms with Crippen molar-refractivity contribution in [3.8, 4) is 16.9 Å². The largest absolute Gasteiger partial charge is 0.496 e. The maximum Gasteiger partial charge on any atom is 0.252 e. The minimum Gasteiger partial charge on any atom is -0.496 e. The molecular formula is C43H52F4N8O7. The van der Waals surface area contributed by atoms with E-state index in [0.717, 1.165) is 12.8 Å². The van der Waals surface area contributed by atoms with Gasteiger partial charge in [-0.1, -0.05) is 44.1 Å². The number of amides is 3. The van der Waals surface area contributed by atoms with Crippen LogP contribution < -0.4 is 26.0 Å². The average Bonchev–Trinajstić information content (AvgIpc) is 3.61. The Hall–Kier alpha value is -5.46. The molecule has 62 heavy (non-hydrogen) atoms. The predicted octanol–water partition coefficient (Wildman–Crippen LogP) is 5.41. The van der Waals surface area contributed by atoms with Gasteiger partial charge in [-0.2, -0.15) is 5.06 Å². The first-order chi connectivity index (χ1) is 29.2. The summed E-state index contributed by atoms with van der Waals surface area (Å²) in [6.07, 6.45) is -1.04. The number of ether oxygens (including phenoxy) is 1. The highest BCUT2D eigenvalue weighted by Crippen LogP contribution is 2.61. The van der Waals surface area contributed by atoms with Crippen molar-refractivity contribution in [1.82, 2.24) is 15.7 Å². The van der Waals surface area contributed by atoms with Crippen molar-refractivity contribution in [3.05, 3.63) is 86.8 Å². The second-order valence-corrected chi connectivity index (χ2v) is 17.3. The molecule has 4 aliphatic rings. The van der Waals surface area contributed by atoms with Crippen LogP contribution in [0.15, 0.2) is 41.5 Å². The van der Waals surface area contributed by atoms with Gasteiger partial charge in [-0.05, 0) is 72.2 Å². The van der Waals surface area contributed by atoms with Gasteiger partial charge in [0.05, 0.1) is 26.4 Å². The highest BCUT2D eigenvalue weighted by molar-refractivity contribution is 5.99. The highest BCUT2D eigenvalue weighted by atomic mass is 19.2. The number of para-hydroxylation sites is 1. The summed E-state index contributed by atoms with van der Waals surface area (Å²) < 4.78 is 64.9. The summed E-state index contributed by atoms with van der Waals surface area (Å²) in [7, 11) is 4.85. The van der Waals surface area contributed by atoms with Crippen LogP contribution in [0.4, 0.5) is 28.9 Å². The zero-order chi connectivity index (χ0) is 45.5. The normalized spacial score (nSPS) is 24.9. The molecule has 1 saturated heterocycles. The lowest BCUT2D eigenvalue weighted by Crippen LogP contribution is -2.62. The van der Waals surface area contributed by atoms with Crippen molar-refractivity contribution < 1.29 is 51.7 Å². The van der Waals surface area contributed by atoms with Crippen molar-refractivity contribution >= 4 is 29.1 Å². The SMILES string of the molecule is COc1c(CN2O[C@@H](CO)[C@@H]([C@H](C)O)[C@H]2C(=O)N[C@H]2C[C@@H]3C[C@@H]([C@@H]2C)C3(C)C)cccc1-c1cc(C(=O)N[C@@H](Cc2c(F)c(F)c(N=[N+]=[N-])c(F)c2F)C(N)=O)cc(N(C)C)c1. The molecule has 3 aromatic rings. The maximum atomic E-state index is 14.9. The van der Waals surface area contributed by atoms with Gasteiger partial charge >= 0.3 is 0 Å². The first kappa shape index (κ1) is 46.1. The Morgan fingerprint density at radius 2 is 1.79 bits per heavy atom. The number of nitrogens with two attached hydrogens (primary N) is 1. The van der Waals surface area contributed by atoms with E-state index in [-0.39, 0.29) is 35.4 Å². The fraction of sp³-hybridized carbons (Fsp3) is 0.512. The molecule has 1 heterocycles. The molecule has 2 bridgehead atoms. The number of methoxy groups -OCH3 is 1. The van der Waals surface area contributed by atoms with E-state index in [1.165, 1.54) is 24.3 Å². The number of fused-ring (bicyclic) bond motifs is 2. The van der Waals surface area contributed by atoms with Crippen LogP contribution in [0.1, 0.15) is 62.0 Å². The molecule has 9 atom stereocenters. The third-order valence-electron chi connectivity index (χ3n) is 13.2. The third-order valence-corrected chi connectivity index (χ3v) is 13.2. The number of hydroxylamine groups is 2. The van der Waals surface area contributed by atoms with E-state index >= 15 is 0 Å². The van der Waals surface area contributed by atoms with Crippen molar-refractivity contribution in [2.75, 3.05) is 32.7 Å². The van der Waals surface area contributed by atoms with Crippen molar-refractivity contribution in [3.63, 3.8) is 0 Å². The molecular weight excluding hydrogens is 817 g/mol. The number of aliphatic hydroxyl groups is 2. The van der Waals surface area contributed by atoms with Crippen molar-refractivity contribution in [2.24, 2.45) is 39.9 Å². The van der Waals surface area contributed by atoms with Crippen LogP contribution in [0, 0.1) is 52.4 Å². The monoisotopic (exact) mass is 868 g/mol. The standard InChI is InChI=1S/C43H52F4N8O7/c1-19-28-14-24(43(28,3)4)15-29(19)50-42(60)38-32(20(2)57)31(18-56)62-55(38)17-21-9-8-10-26(39(21)61-7)22-11-23(13-25(12-22)54(5)6)41(59)51-30(40(48)58)16-27-33(44)35(46)37(52-53-49)36(47)34(27)45/h8-13,19-20,24,28-32,38,56-57H,14-18H2,1-7H3,(H2,48,58)(H,50,60)(H,51,59)/t19-,20-,24-,28-,29-,30-,31-,32+,38-/m0/s1. The van der Waals surface area contributed by atoms with Gasteiger partial charge in [-0.25, -0.2) is 17.6 Å². The number of halogens is 4. The number of rotatable bonds is 15. The minimum absolute atomic E-state index is 0.0214. The molecule has 6 N–H and O–H groups in total. The van der Waals surface area contributed by atoms with Crippen molar-refractivity contribution in [1.29, 1.82) is 0 Å². The van der Waals surface area contributed by atoms with Crippen LogP contribution in [0.3, 0.4) is 0 Å². The van der Waals surface area contributed by atoms with E-state index in [0.29, 0.717) is 40.0 Å². The Bertz CT molecular complexity index is 2260. The van der Waals surface area contributed by atoms with E-state index in [1.807, 2.05) is 0 Å². The molecule has 4 fully saturated rings. The summed E-state index contributed by atoms with van der Waals surface area (Å²) in [5, 5.41) is 31.0. The number of carbonyl (C=O) groups is 3. The quantitative estimate of drug-likeness (QED) is 0.0433. The van der Waals surface area contributed by atoms with Crippen LogP contribution >= 0.6 is 0 Å². The minimum atomic E-state index is -1.99. The molecule has 7 rings (SSSR count). The summed E-state index contributed by atoms with van der Waals surface area (Å²) in [6, 6.07) is 6.97. The number of hydrogen-bond acceptors (Lipinski definition) is 10. The molecule has 19 heteroatoms. The van der Waals surface area contributed by atoms with Gasteiger partial charge < -0.3 is 36.2 Å². The van der Waals surface area contributed by atoms with Crippen LogP contribution in [-0.4, -0.2) is 91.1 Å². The first-order valence-electron chi connectivity index (χ1n) is 20.3. The van der Waals surface area contributed by atoms with Gasteiger partial charge in [0.2, 0.25) is 11.8 Å². The summed E-state index contributed by atoms with van der Waals surface area (Å²) in [6.45, 7) is 7.79. The zero-order valence-corrected chi connectivity index (χ0v) is 35.5. The number of nitrogens with one attached hydrogen (secondary N) is 2.